The lowest BCUT2D eigenvalue weighted by Crippen LogP contribution is -2.36. The molecule has 1 fully saturated rings. The number of halogens is 1. The Kier molecular flexibility index (Phi) is 6.22. The van der Waals surface area contributed by atoms with Gasteiger partial charge < -0.3 is 15.5 Å². The molecule has 0 saturated carbocycles. The monoisotopic (exact) mass is 416 g/mol. The Hall–Kier alpha value is -2.41. The van der Waals surface area contributed by atoms with Gasteiger partial charge in [0.15, 0.2) is 0 Å². The molecular formula is C19H21BrN4O2. The minimum absolute atomic E-state index is 0.0337. The summed E-state index contributed by atoms with van der Waals surface area (Å²) in [5, 5.41) is 5.79. The molecule has 0 spiro atoms. The van der Waals surface area contributed by atoms with E-state index in [4.69, 9.17) is 0 Å². The number of nitrogens with one attached hydrogen (secondary N) is 2. The fraction of sp³-hybridized carbons (Fsp3) is 0.316. The van der Waals surface area contributed by atoms with Gasteiger partial charge in [0.05, 0.1) is 12.1 Å². The summed E-state index contributed by atoms with van der Waals surface area (Å²) in [6, 6.07) is 10.8. The Labute approximate surface area is 161 Å². The molecule has 0 aliphatic carbocycles. The predicted molar refractivity (Wildman–Crippen MR) is 105 cm³/mol. The van der Waals surface area contributed by atoms with Crippen LogP contribution in [0.3, 0.4) is 0 Å². The van der Waals surface area contributed by atoms with E-state index in [2.05, 4.69) is 31.5 Å². The van der Waals surface area contributed by atoms with Crippen LogP contribution in [0, 0.1) is 0 Å². The molecule has 0 unspecified atom stereocenters. The third-order valence-electron chi connectivity index (χ3n) is 4.23. The van der Waals surface area contributed by atoms with Crippen LogP contribution in [0.5, 0.6) is 0 Å². The summed E-state index contributed by atoms with van der Waals surface area (Å²) in [4.78, 5) is 31.0. The van der Waals surface area contributed by atoms with Crippen LogP contribution in [0.25, 0.3) is 0 Å². The lowest BCUT2D eigenvalue weighted by atomic mass is 10.1. The molecule has 1 aliphatic heterocycles. The molecule has 1 saturated heterocycles. The van der Waals surface area contributed by atoms with Crippen molar-refractivity contribution in [3.8, 4) is 0 Å². The number of carbonyl (C=O) groups excluding carboxylic acids is 2. The normalized spacial score (nSPS) is 14.0. The number of hydrogen-bond acceptors (Lipinski definition) is 4. The number of anilines is 2. The van der Waals surface area contributed by atoms with E-state index in [0.29, 0.717) is 17.1 Å². The molecule has 6 nitrogen and oxygen atoms in total. The highest BCUT2D eigenvalue weighted by molar-refractivity contribution is 9.10. The number of rotatable bonds is 5. The summed E-state index contributed by atoms with van der Waals surface area (Å²) in [5.41, 5.74) is 1.22. The van der Waals surface area contributed by atoms with Gasteiger partial charge in [-0.3, -0.25) is 9.59 Å². The summed E-state index contributed by atoms with van der Waals surface area (Å²) < 4.78 is 0.947. The van der Waals surface area contributed by atoms with Gasteiger partial charge in [0, 0.05) is 29.4 Å². The molecule has 2 heterocycles. The van der Waals surface area contributed by atoms with E-state index in [1.54, 1.807) is 18.3 Å². The lowest BCUT2D eigenvalue weighted by Gasteiger charge is -2.27. The second-order valence-electron chi connectivity index (χ2n) is 6.16. The van der Waals surface area contributed by atoms with Gasteiger partial charge in [0.1, 0.15) is 5.82 Å². The van der Waals surface area contributed by atoms with Gasteiger partial charge in [-0.1, -0.05) is 15.9 Å². The molecule has 0 bridgehead atoms. The SMILES string of the molecule is O=C(CNc1ncccc1C(=O)N1CCCCC1)Nc1ccc(Br)cc1. The van der Waals surface area contributed by atoms with Crippen LogP contribution in [0.15, 0.2) is 47.1 Å². The fourth-order valence-corrected chi connectivity index (χ4v) is 3.15. The topological polar surface area (TPSA) is 74.3 Å². The Morgan fingerprint density at radius 3 is 2.54 bits per heavy atom. The Morgan fingerprint density at radius 2 is 1.81 bits per heavy atom. The van der Waals surface area contributed by atoms with E-state index in [9.17, 15) is 9.59 Å². The van der Waals surface area contributed by atoms with Gasteiger partial charge in [0.25, 0.3) is 5.91 Å². The van der Waals surface area contributed by atoms with Crippen LogP contribution in [-0.2, 0) is 4.79 Å². The van der Waals surface area contributed by atoms with Crippen LogP contribution in [0.4, 0.5) is 11.5 Å². The van der Waals surface area contributed by atoms with Crippen molar-refractivity contribution in [3.05, 3.63) is 52.6 Å². The molecule has 0 atom stereocenters. The molecule has 3 rings (SSSR count). The average Bonchev–Trinajstić information content (AvgIpc) is 2.68. The van der Waals surface area contributed by atoms with Crippen LogP contribution < -0.4 is 10.6 Å². The van der Waals surface area contributed by atoms with Crippen molar-refractivity contribution < 1.29 is 9.59 Å². The van der Waals surface area contributed by atoms with E-state index in [-0.39, 0.29) is 18.4 Å². The van der Waals surface area contributed by atoms with E-state index < -0.39 is 0 Å². The van der Waals surface area contributed by atoms with Crippen LogP contribution >= 0.6 is 15.9 Å². The largest absolute Gasteiger partial charge is 0.360 e. The number of nitrogens with zero attached hydrogens (tertiary/aromatic N) is 2. The number of aromatic nitrogens is 1. The number of amides is 2. The van der Waals surface area contributed by atoms with Crippen LogP contribution in [-0.4, -0.2) is 41.3 Å². The molecule has 2 amide bonds. The molecule has 7 heteroatoms. The van der Waals surface area contributed by atoms with Gasteiger partial charge in [-0.2, -0.15) is 0 Å². The summed E-state index contributed by atoms with van der Waals surface area (Å²) >= 11 is 3.36. The second-order valence-corrected chi connectivity index (χ2v) is 7.08. The third-order valence-corrected chi connectivity index (χ3v) is 4.75. The maximum Gasteiger partial charge on any atom is 0.257 e. The van der Waals surface area contributed by atoms with Gasteiger partial charge in [0.2, 0.25) is 5.91 Å². The first-order valence-corrected chi connectivity index (χ1v) is 9.46. The maximum atomic E-state index is 12.7. The standard InChI is InChI=1S/C19H21BrN4O2/c20-14-6-8-15(9-7-14)23-17(25)13-22-18-16(5-4-10-21-18)19(26)24-11-2-1-3-12-24/h4-10H,1-3,11-13H2,(H,21,22)(H,23,25). The van der Waals surface area contributed by atoms with Crippen molar-refractivity contribution in [1.82, 2.24) is 9.88 Å². The first kappa shape index (κ1) is 18.4. The minimum atomic E-state index is -0.200. The zero-order valence-corrected chi connectivity index (χ0v) is 16.0. The molecule has 0 radical (unpaired) electrons. The summed E-state index contributed by atoms with van der Waals surface area (Å²) in [7, 11) is 0. The molecule has 1 aliphatic rings. The smallest absolute Gasteiger partial charge is 0.257 e. The highest BCUT2D eigenvalue weighted by Crippen LogP contribution is 2.18. The number of carbonyl (C=O) groups is 2. The summed E-state index contributed by atoms with van der Waals surface area (Å²) in [6.45, 7) is 1.59. The number of likely N-dealkylation sites (tertiary alicyclic amines) is 1. The molecule has 136 valence electrons. The molecule has 1 aromatic carbocycles. The van der Waals surface area contributed by atoms with Crippen molar-refractivity contribution >= 4 is 39.2 Å². The summed E-state index contributed by atoms with van der Waals surface area (Å²) in [6.07, 6.45) is 4.84. The van der Waals surface area contributed by atoms with Crippen molar-refractivity contribution in [3.63, 3.8) is 0 Å². The van der Waals surface area contributed by atoms with Gasteiger partial charge in [-0.05, 0) is 55.7 Å². The fourth-order valence-electron chi connectivity index (χ4n) is 2.89. The molecule has 2 aromatic rings. The van der Waals surface area contributed by atoms with E-state index in [1.165, 1.54) is 0 Å². The van der Waals surface area contributed by atoms with Gasteiger partial charge in [-0.25, -0.2) is 4.98 Å². The Bertz CT molecular complexity index is 773. The number of pyridine rings is 1. The molecular weight excluding hydrogens is 396 g/mol. The van der Waals surface area contributed by atoms with Gasteiger partial charge in [-0.15, -0.1) is 0 Å². The maximum absolute atomic E-state index is 12.7. The van der Waals surface area contributed by atoms with Crippen LogP contribution in [0.1, 0.15) is 29.6 Å². The lowest BCUT2D eigenvalue weighted by molar-refractivity contribution is -0.114. The Morgan fingerprint density at radius 1 is 1.08 bits per heavy atom. The average molecular weight is 417 g/mol. The number of hydrogen-bond donors (Lipinski definition) is 2. The zero-order valence-electron chi connectivity index (χ0n) is 14.4. The second kappa shape index (κ2) is 8.80. The molecule has 2 N–H and O–H groups in total. The van der Waals surface area contributed by atoms with Crippen molar-refractivity contribution in [2.24, 2.45) is 0 Å². The first-order chi connectivity index (χ1) is 12.6. The van der Waals surface area contributed by atoms with Gasteiger partial charge >= 0.3 is 0 Å². The molecule has 1 aromatic heterocycles. The quantitative estimate of drug-likeness (QED) is 0.781. The van der Waals surface area contributed by atoms with Crippen LogP contribution in [0.2, 0.25) is 0 Å². The number of piperidine rings is 1. The predicted octanol–water partition coefficient (Wildman–Crippen LogP) is 3.52. The van der Waals surface area contributed by atoms with E-state index >= 15 is 0 Å². The highest BCUT2D eigenvalue weighted by Gasteiger charge is 2.21. The van der Waals surface area contributed by atoms with Crippen molar-refractivity contribution in [1.29, 1.82) is 0 Å². The Balaban J connectivity index is 1.61. The number of benzene rings is 1. The summed E-state index contributed by atoms with van der Waals surface area (Å²) in [5.74, 6) is 0.206. The zero-order chi connectivity index (χ0) is 18.4. The first-order valence-electron chi connectivity index (χ1n) is 8.67. The third kappa shape index (κ3) is 4.82. The minimum Gasteiger partial charge on any atom is -0.360 e. The van der Waals surface area contributed by atoms with E-state index in [0.717, 1.165) is 36.8 Å². The van der Waals surface area contributed by atoms with Crippen molar-refractivity contribution in [2.75, 3.05) is 30.3 Å². The molecule has 26 heavy (non-hydrogen) atoms. The highest BCUT2D eigenvalue weighted by atomic mass is 79.9. The van der Waals surface area contributed by atoms with E-state index in [1.807, 2.05) is 29.2 Å². The van der Waals surface area contributed by atoms with Crippen molar-refractivity contribution in [2.45, 2.75) is 19.3 Å².